The third-order valence-corrected chi connectivity index (χ3v) is 7.40. The van der Waals surface area contributed by atoms with E-state index in [4.69, 9.17) is 0 Å². The van der Waals surface area contributed by atoms with E-state index in [1.165, 1.54) is 35.9 Å². The molecule has 0 bridgehead atoms. The van der Waals surface area contributed by atoms with E-state index in [0.29, 0.717) is 6.54 Å². The van der Waals surface area contributed by atoms with Crippen LogP contribution in [0.3, 0.4) is 0 Å². The summed E-state index contributed by atoms with van der Waals surface area (Å²) in [6.07, 6.45) is 1.56. The van der Waals surface area contributed by atoms with Crippen LogP contribution < -0.4 is 9.62 Å². The quantitative estimate of drug-likeness (QED) is 0.523. The van der Waals surface area contributed by atoms with Crippen LogP contribution in [0.25, 0.3) is 0 Å². The minimum absolute atomic E-state index is 0.124. The molecule has 0 unspecified atom stereocenters. The van der Waals surface area contributed by atoms with Gasteiger partial charge in [-0.1, -0.05) is 36.4 Å². The van der Waals surface area contributed by atoms with Crippen molar-refractivity contribution >= 4 is 33.0 Å². The van der Waals surface area contributed by atoms with Crippen LogP contribution in [0.15, 0.2) is 76.3 Å². The summed E-state index contributed by atoms with van der Waals surface area (Å²) in [5.41, 5.74) is 1.41. The van der Waals surface area contributed by atoms with Crippen molar-refractivity contribution in [2.45, 2.75) is 17.1 Å². The van der Waals surface area contributed by atoms with Crippen LogP contribution in [0.1, 0.15) is 12.0 Å². The van der Waals surface area contributed by atoms with Crippen LogP contribution in [0.2, 0.25) is 0 Å². The number of amides is 1. The number of nitrogens with one attached hydrogen (secondary N) is 1. The normalized spacial score (nSPS) is 11.2. The number of hydrogen-bond acceptors (Lipinski definition) is 4. The van der Waals surface area contributed by atoms with E-state index < -0.39 is 21.7 Å². The molecule has 3 rings (SSSR count). The largest absolute Gasteiger partial charge is 0.355 e. The van der Waals surface area contributed by atoms with Crippen molar-refractivity contribution in [1.29, 1.82) is 0 Å². The monoisotopic (exact) mass is 432 g/mol. The van der Waals surface area contributed by atoms with E-state index in [9.17, 15) is 17.6 Å². The van der Waals surface area contributed by atoms with E-state index in [1.807, 2.05) is 30.3 Å². The molecule has 5 nitrogen and oxygen atoms in total. The summed E-state index contributed by atoms with van der Waals surface area (Å²) in [5.74, 6) is -0.893. The number of hydrogen-bond donors (Lipinski definition) is 1. The number of carbonyl (C=O) groups excluding carboxylic acids is 1. The second kappa shape index (κ2) is 9.67. The second-order valence-electron chi connectivity index (χ2n) is 6.36. The van der Waals surface area contributed by atoms with Crippen LogP contribution in [-0.2, 0) is 21.2 Å². The molecule has 1 N–H and O–H groups in total. The molecule has 0 atom stereocenters. The van der Waals surface area contributed by atoms with E-state index in [1.54, 1.807) is 11.4 Å². The highest BCUT2D eigenvalue weighted by Gasteiger charge is 2.28. The van der Waals surface area contributed by atoms with Gasteiger partial charge in [-0.2, -0.15) is 0 Å². The first-order chi connectivity index (χ1) is 14.0. The van der Waals surface area contributed by atoms with Crippen molar-refractivity contribution in [3.05, 3.63) is 83.5 Å². The average Bonchev–Trinajstić information content (AvgIpc) is 3.27. The molecular weight excluding hydrogens is 411 g/mol. The zero-order chi connectivity index (χ0) is 20.7. The van der Waals surface area contributed by atoms with Crippen LogP contribution in [0.5, 0.6) is 0 Å². The fourth-order valence-corrected chi connectivity index (χ4v) is 5.32. The Kier molecular flexibility index (Phi) is 7.00. The van der Waals surface area contributed by atoms with Crippen LogP contribution in [-0.4, -0.2) is 27.4 Å². The van der Waals surface area contributed by atoms with Gasteiger partial charge < -0.3 is 5.32 Å². The van der Waals surface area contributed by atoms with Crippen LogP contribution in [0.4, 0.5) is 10.1 Å². The molecule has 2 aromatic carbocycles. The fraction of sp³-hybridized carbons (Fsp3) is 0.190. The molecule has 0 saturated heterocycles. The van der Waals surface area contributed by atoms with Crippen LogP contribution in [0, 0.1) is 5.82 Å². The maximum Gasteiger partial charge on any atom is 0.274 e. The summed E-state index contributed by atoms with van der Waals surface area (Å²) in [7, 11) is -3.92. The molecule has 0 radical (unpaired) electrons. The Bertz CT molecular complexity index is 1020. The molecule has 0 aliphatic rings. The first kappa shape index (κ1) is 21.0. The van der Waals surface area contributed by atoms with E-state index in [2.05, 4.69) is 5.32 Å². The zero-order valence-corrected chi connectivity index (χ0v) is 17.3. The summed E-state index contributed by atoms with van der Waals surface area (Å²) in [5, 5.41) is 4.42. The third-order valence-electron chi connectivity index (χ3n) is 4.25. The number of nitrogens with zero attached hydrogens (tertiary/aromatic N) is 1. The van der Waals surface area contributed by atoms with Gasteiger partial charge in [-0.25, -0.2) is 12.8 Å². The fourth-order valence-electron chi connectivity index (χ4n) is 2.79. The van der Waals surface area contributed by atoms with Gasteiger partial charge in [0.2, 0.25) is 5.91 Å². The highest BCUT2D eigenvalue weighted by molar-refractivity contribution is 7.94. The van der Waals surface area contributed by atoms with Crippen molar-refractivity contribution in [2.24, 2.45) is 0 Å². The summed E-state index contributed by atoms with van der Waals surface area (Å²) < 4.78 is 40.4. The molecule has 0 saturated carbocycles. The Labute approximate surface area is 173 Å². The number of halogens is 1. The predicted molar refractivity (Wildman–Crippen MR) is 113 cm³/mol. The highest BCUT2D eigenvalue weighted by atomic mass is 32.2. The van der Waals surface area contributed by atoms with Gasteiger partial charge in [0.05, 0.1) is 5.69 Å². The molecule has 3 aromatic rings. The van der Waals surface area contributed by atoms with Crippen molar-refractivity contribution in [3.8, 4) is 0 Å². The van der Waals surface area contributed by atoms with Gasteiger partial charge in [0.15, 0.2) is 0 Å². The molecule has 0 aliphatic heterocycles. The predicted octanol–water partition coefficient (Wildman–Crippen LogP) is 3.83. The van der Waals surface area contributed by atoms with Gasteiger partial charge in [0.25, 0.3) is 10.0 Å². The first-order valence-electron chi connectivity index (χ1n) is 9.09. The van der Waals surface area contributed by atoms with Gasteiger partial charge in [-0.3, -0.25) is 9.10 Å². The summed E-state index contributed by atoms with van der Waals surface area (Å²) >= 11 is 1.07. The Hall–Kier alpha value is -2.71. The molecule has 0 fully saturated rings. The number of thiophene rings is 1. The van der Waals surface area contributed by atoms with E-state index >= 15 is 0 Å². The van der Waals surface area contributed by atoms with Gasteiger partial charge in [-0.15, -0.1) is 11.3 Å². The number of anilines is 1. The number of rotatable bonds is 9. The molecule has 152 valence electrons. The smallest absolute Gasteiger partial charge is 0.274 e. The zero-order valence-electron chi connectivity index (χ0n) is 15.6. The van der Waals surface area contributed by atoms with Crippen molar-refractivity contribution in [2.75, 3.05) is 17.4 Å². The lowest BCUT2D eigenvalue weighted by atomic mass is 10.1. The lowest BCUT2D eigenvalue weighted by Crippen LogP contribution is -2.41. The molecule has 1 heterocycles. The standard InChI is InChI=1S/C21H21FN2O3S2/c22-18-10-12-19(13-11-18)24(29(26,27)21-9-5-15-28-21)16-20(25)23-14-4-8-17-6-2-1-3-7-17/h1-3,5-7,9-13,15H,4,8,14,16H2,(H,23,25). The number of aryl methyl sites for hydroxylation is 1. The van der Waals surface area contributed by atoms with Gasteiger partial charge >= 0.3 is 0 Å². The molecule has 8 heteroatoms. The second-order valence-corrected chi connectivity index (χ2v) is 9.40. The average molecular weight is 433 g/mol. The summed E-state index contributed by atoms with van der Waals surface area (Å²) in [4.78, 5) is 12.4. The van der Waals surface area contributed by atoms with Gasteiger partial charge in [0, 0.05) is 6.54 Å². The van der Waals surface area contributed by atoms with Crippen molar-refractivity contribution < 1.29 is 17.6 Å². The first-order valence-corrected chi connectivity index (χ1v) is 11.4. The summed E-state index contributed by atoms with van der Waals surface area (Å²) in [6, 6.07) is 18.1. The van der Waals surface area contributed by atoms with Gasteiger partial charge in [-0.05, 0) is 54.1 Å². The lowest BCUT2D eigenvalue weighted by molar-refractivity contribution is -0.119. The lowest BCUT2D eigenvalue weighted by Gasteiger charge is -2.23. The van der Waals surface area contributed by atoms with Gasteiger partial charge in [0.1, 0.15) is 16.6 Å². The molecule has 29 heavy (non-hydrogen) atoms. The third kappa shape index (κ3) is 5.65. The van der Waals surface area contributed by atoms with E-state index in [0.717, 1.165) is 28.5 Å². The number of carbonyl (C=O) groups is 1. The minimum atomic E-state index is -3.92. The van der Waals surface area contributed by atoms with Crippen molar-refractivity contribution in [3.63, 3.8) is 0 Å². The Morgan fingerprint density at radius 1 is 1.00 bits per heavy atom. The molecule has 1 amide bonds. The van der Waals surface area contributed by atoms with Crippen molar-refractivity contribution in [1.82, 2.24) is 5.32 Å². The highest BCUT2D eigenvalue weighted by Crippen LogP contribution is 2.26. The Morgan fingerprint density at radius 2 is 1.72 bits per heavy atom. The topological polar surface area (TPSA) is 66.5 Å². The Morgan fingerprint density at radius 3 is 2.38 bits per heavy atom. The summed E-state index contributed by atoms with van der Waals surface area (Å²) in [6.45, 7) is 0.0568. The number of benzene rings is 2. The SMILES string of the molecule is O=C(CN(c1ccc(F)cc1)S(=O)(=O)c1cccs1)NCCCc1ccccc1. The number of sulfonamides is 1. The molecule has 0 spiro atoms. The molecule has 1 aromatic heterocycles. The molecular formula is C21H21FN2O3S2. The Balaban J connectivity index is 1.66. The maximum atomic E-state index is 13.3. The van der Waals surface area contributed by atoms with E-state index in [-0.39, 0.29) is 16.4 Å². The maximum absolute atomic E-state index is 13.3. The molecule has 0 aliphatic carbocycles. The minimum Gasteiger partial charge on any atom is -0.355 e. The van der Waals surface area contributed by atoms with Crippen LogP contribution >= 0.6 is 11.3 Å².